The first kappa shape index (κ1) is 15.3. The molecular weight excluding hydrogens is 282 g/mol. The number of aromatic nitrogens is 2. The zero-order valence-electron chi connectivity index (χ0n) is 14.0. The molecule has 2 unspecified atom stereocenters. The summed E-state index contributed by atoms with van der Waals surface area (Å²) in [6.45, 7) is 11.7. The van der Waals surface area contributed by atoms with Crippen LogP contribution >= 0.6 is 0 Å². The van der Waals surface area contributed by atoms with Gasteiger partial charge in [0.1, 0.15) is 11.4 Å². The predicted molar refractivity (Wildman–Crippen MR) is 81.6 cm³/mol. The van der Waals surface area contributed by atoms with Crippen molar-refractivity contribution in [1.82, 2.24) is 14.9 Å². The van der Waals surface area contributed by atoms with Crippen LogP contribution in [0.5, 0.6) is 0 Å². The maximum Gasteiger partial charge on any atom is 0.410 e. The Morgan fingerprint density at radius 3 is 2.86 bits per heavy atom. The van der Waals surface area contributed by atoms with Crippen molar-refractivity contribution in [3.63, 3.8) is 0 Å². The molecule has 6 heteroatoms. The molecule has 122 valence electrons. The third-order valence-corrected chi connectivity index (χ3v) is 4.37. The molecule has 3 heterocycles. The number of nitrogens with one attached hydrogen (secondary N) is 1. The van der Waals surface area contributed by atoms with E-state index in [9.17, 15) is 4.79 Å². The van der Waals surface area contributed by atoms with Crippen LogP contribution in [0.2, 0.25) is 0 Å². The first-order chi connectivity index (χ1) is 10.2. The molecule has 2 aliphatic heterocycles. The van der Waals surface area contributed by atoms with Gasteiger partial charge >= 0.3 is 6.09 Å². The van der Waals surface area contributed by atoms with Crippen molar-refractivity contribution < 1.29 is 14.3 Å². The predicted octanol–water partition coefficient (Wildman–Crippen LogP) is 2.90. The van der Waals surface area contributed by atoms with Crippen molar-refractivity contribution in [2.24, 2.45) is 0 Å². The highest BCUT2D eigenvalue weighted by Gasteiger charge is 2.42. The van der Waals surface area contributed by atoms with Gasteiger partial charge in [0.2, 0.25) is 0 Å². The summed E-state index contributed by atoms with van der Waals surface area (Å²) in [4.78, 5) is 22.1. The zero-order valence-corrected chi connectivity index (χ0v) is 14.0. The normalized spacial score (nSPS) is 28.0. The lowest BCUT2D eigenvalue weighted by Gasteiger charge is -2.26. The molecule has 2 aliphatic rings. The van der Waals surface area contributed by atoms with Crippen LogP contribution in [0.25, 0.3) is 0 Å². The molecule has 0 bridgehead atoms. The van der Waals surface area contributed by atoms with Crippen LogP contribution in [-0.2, 0) is 21.5 Å². The minimum Gasteiger partial charge on any atom is -0.444 e. The summed E-state index contributed by atoms with van der Waals surface area (Å²) in [5.41, 5.74) is 1.46. The molecular formula is C16H25N3O3. The van der Waals surface area contributed by atoms with E-state index in [0.717, 1.165) is 23.6 Å². The Labute approximate surface area is 131 Å². The monoisotopic (exact) mass is 307 g/mol. The lowest BCUT2D eigenvalue weighted by Crippen LogP contribution is -2.37. The Bertz CT molecular complexity index is 590. The van der Waals surface area contributed by atoms with E-state index in [1.165, 1.54) is 0 Å². The number of imidazole rings is 1. The molecule has 0 spiro atoms. The lowest BCUT2D eigenvalue weighted by atomic mass is 9.89. The molecule has 1 aromatic heterocycles. The molecule has 22 heavy (non-hydrogen) atoms. The van der Waals surface area contributed by atoms with Crippen LogP contribution in [0.3, 0.4) is 0 Å². The average molecular weight is 307 g/mol. The smallest absolute Gasteiger partial charge is 0.410 e. The third kappa shape index (κ3) is 2.72. The van der Waals surface area contributed by atoms with Gasteiger partial charge in [-0.05, 0) is 34.1 Å². The summed E-state index contributed by atoms with van der Waals surface area (Å²) < 4.78 is 11.0. The van der Waals surface area contributed by atoms with Gasteiger partial charge in [0.15, 0.2) is 0 Å². The highest BCUT2D eigenvalue weighted by atomic mass is 16.6. The molecule has 6 nitrogen and oxygen atoms in total. The summed E-state index contributed by atoms with van der Waals surface area (Å²) in [6.07, 6.45) is 0.687. The van der Waals surface area contributed by atoms with E-state index >= 15 is 0 Å². The van der Waals surface area contributed by atoms with Gasteiger partial charge in [-0.3, -0.25) is 0 Å². The van der Waals surface area contributed by atoms with Gasteiger partial charge < -0.3 is 19.4 Å². The second-order valence-corrected chi connectivity index (χ2v) is 7.61. The number of aromatic amines is 1. The number of carbonyl (C=O) groups excluding carboxylic acids is 1. The molecule has 0 aromatic carbocycles. The fraction of sp³-hybridized carbons (Fsp3) is 0.750. The SMILES string of the molecule is CC1OCc2[nH]c(C3(C)CCN(C(=O)OC(C)(C)C)C3)nc21. The molecule has 3 rings (SSSR count). The summed E-state index contributed by atoms with van der Waals surface area (Å²) in [5.74, 6) is 0.957. The van der Waals surface area contributed by atoms with Crippen LogP contribution in [0.15, 0.2) is 0 Å². The van der Waals surface area contributed by atoms with E-state index in [0.29, 0.717) is 19.7 Å². The Morgan fingerprint density at radius 1 is 1.50 bits per heavy atom. The van der Waals surface area contributed by atoms with Crippen LogP contribution in [0.1, 0.15) is 64.4 Å². The van der Waals surface area contributed by atoms with E-state index in [-0.39, 0.29) is 17.6 Å². The molecule has 2 atom stereocenters. The number of hydrogen-bond donors (Lipinski definition) is 1. The molecule has 1 amide bonds. The van der Waals surface area contributed by atoms with Gasteiger partial charge in [-0.25, -0.2) is 9.78 Å². The number of carbonyl (C=O) groups is 1. The fourth-order valence-electron chi connectivity index (χ4n) is 3.08. The summed E-state index contributed by atoms with van der Waals surface area (Å²) >= 11 is 0. The highest BCUT2D eigenvalue weighted by Crippen LogP contribution is 2.36. The lowest BCUT2D eigenvalue weighted by molar-refractivity contribution is 0.0284. The van der Waals surface area contributed by atoms with Crippen LogP contribution in [-0.4, -0.2) is 39.7 Å². The minimum absolute atomic E-state index is 0.0481. The first-order valence-electron chi connectivity index (χ1n) is 7.87. The fourth-order valence-corrected chi connectivity index (χ4v) is 3.08. The maximum absolute atomic E-state index is 12.2. The van der Waals surface area contributed by atoms with E-state index in [1.807, 2.05) is 27.7 Å². The first-order valence-corrected chi connectivity index (χ1v) is 7.87. The van der Waals surface area contributed by atoms with Gasteiger partial charge in [0, 0.05) is 18.5 Å². The summed E-state index contributed by atoms with van der Waals surface area (Å²) in [6, 6.07) is 0. The van der Waals surface area contributed by atoms with Crippen molar-refractivity contribution in [3.8, 4) is 0 Å². The summed E-state index contributed by atoms with van der Waals surface area (Å²) in [5, 5.41) is 0. The molecule has 0 saturated carbocycles. The molecule has 0 radical (unpaired) electrons. The quantitative estimate of drug-likeness (QED) is 0.866. The van der Waals surface area contributed by atoms with Crippen molar-refractivity contribution >= 4 is 6.09 Å². The van der Waals surface area contributed by atoms with Gasteiger partial charge in [-0.15, -0.1) is 0 Å². The van der Waals surface area contributed by atoms with E-state index in [1.54, 1.807) is 4.90 Å². The van der Waals surface area contributed by atoms with E-state index in [4.69, 9.17) is 14.5 Å². The molecule has 1 fully saturated rings. The van der Waals surface area contributed by atoms with Gasteiger partial charge in [-0.1, -0.05) is 6.92 Å². The molecule has 1 saturated heterocycles. The van der Waals surface area contributed by atoms with Gasteiger partial charge in [0.05, 0.1) is 24.1 Å². The van der Waals surface area contributed by atoms with E-state index in [2.05, 4.69) is 11.9 Å². The number of fused-ring (bicyclic) bond motifs is 1. The van der Waals surface area contributed by atoms with Gasteiger partial charge in [0.25, 0.3) is 0 Å². The average Bonchev–Trinajstić information content (AvgIpc) is 3.04. The Kier molecular flexibility index (Phi) is 3.47. The van der Waals surface area contributed by atoms with Crippen molar-refractivity contribution in [2.75, 3.05) is 13.1 Å². The second-order valence-electron chi connectivity index (χ2n) is 7.61. The van der Waals surface area contributed by atoms with Crippen LogP contribution < -0.4 is 0 Å². The number of hydrogen-bond acceptors (Lipinski definition) is 4. The largest absolute Gasteiger partial charge is 0.444 e. The molecule has 1 aromatic rings. The standard InChI is InChI=1S/C16H25N3O3/c1-10-12-11(8-21-10)17-13(18-12)16(5)6-7-19(9-16)14(20)22-15(2,3)4/h10H,6-9H2,1-5H3,(H,17,18). The van der Waals surface area contributed by atoms with Crippen molar-refractivity contribution in [1.29, 1.82) is 0 Å². The Morgan fingerprint density at radius 2 is 2.23 bits per heavy atom. The second kappa shape index (κ2) is 4.98. The maximum atomic E-state index is 12.2. The number of H-pyrrole nitrogens is 1. The topological polar surface area (TPSA) is 67.5 Å². The number of rotatable bonds is 1. The van der Waals surface area contributed by atoms with Crippen molar-refractivity contribution in [3.05, 3.63) is 17.2 Å². The van der Waals surface area contributed by atoms with Crippen molar-refractivity contribution in [2.45, 2.75) is 64.8 Å². The van der Waals surface area contributed by atoms with Crippen LogP contribution in [0, 0.1) is 0 Å². The van der Waals surface area contributed by atoms with Crippen LogP contribution in [0.4, 0.5) is 4.79 Å². The van der Waals surface area contributed by atoms with E-state index < -0.39 is 5.60 Å². The minimum atomic E-state index is -0.464. The highest BCUT2D eigenvalue weighted by molar-refractivity contribution is 5.68. The zero-order chi connectivity index (χ0) is 16.1. The molecule has 1 N–H and O–H groups in total. The Balaban J connectivity index is 1.73. The summed E-state index contributed by atoms with van der Waals surface area (Å²) in [7, 11) is 0. The number of nitrogens with zero attached hydrogens (tertiary/aromatic N) is 2. The molecule has 0 aliphatic carbocycles. The number of ether oxygens (including phenoxy) is 2. The number of amides is 1. The third-order valence-electron chi connectivity index (χ3n) is 4.37. The Hall–Kier alpha value is -1.56. The number of likely N-dealkylation sites (tertiary alicyclic amines) is 1. The van der Waals surface area contributed by atoms with Gasteiger partial charge in [-0.2, -0.15) is 0 Å².